The van der Waals surface area contributed by atoms with E-state index in [1.807, 2.05) is 6.07 Å². The molecule has 3 N–H and O–H groups in total. The fraction of sp³-hybridized carbons (Fsp3) is 0.333. The monoisotopic (exact) mass is 327 g/mol. The molecule has 0 amide bonds. The zero-order valence-corrected chi connectivity index (χ0v) is 11.4. The van der Waals surface area contributed by atoms with Crippen molar-refractivity contribution in [1.29, 1.82) is 5.26 Å². The number of halogens is 2. The summed E-state index contributed by atoms with van der Waals surface area (Å²) in [7, 11) is 0. The molecule has 1 aliphatic heterocycles. The number of aliphatic carboxylic acids is 1. The highest BCUT2D eigenvalue weighted by Gasteiger charge is 2.42. The molecule has 1 saturated heterocycles. The minimum absolute atomic E-state index is 0.0393. The van der Waals surface area contributed by atoms with Crippen LogP contribution in [0.5, 0.6) is 0 Å². The number of anilines is 1. The van der Waals surface area contributed by atoms with Gasteiger partial charge in [-0.1, -0.05) is 0 Å². The molecule has 1 heterocycles. The lowest BCUT2D eigenvalue weighted by Crippen LogP contribution is -2.50. The normalized spacial score (nSPS) is 22.3. The lowest BCUT2D eigenvalue weighted by molar-refractivity contribution is -0.142. The first-order valence-corrected chi connectivity index (χ1v) is 6.33. The van der Waals surface area contributed by atoms with Crippen molar-refractivity contribution in [2.45, 2.75) is 12.0 Å². The fourth-order valence-electron chi connectivity index (χ4n) is 2.08. The highest BCUT2D eigenvalue weighted by Crippen LogP contribution is 2.32. The molecule has 1 aromatic rings. The number of carboxylic acid groups (broad SMARTS) is 1. The van der Waals surface area contributed by atoms with Crippen LogP contribution in [0.2, 0.25) is 0 Å². The molecule has 1 aromatic carbocycles. The predicted molar refractivity (Wildman–Crippen MR) is 70.2 cm³/mol. The Labute approximate surface area is 117 Å². The predicted octanol–water partition coefficient (Wildman–Crippen LogP) is 1.45. The van der Waals surface area contributed by atoms with Gasteiger partial charge in [0.25, 0.3) is 0 Å². The van der Waals surface area contributed by atoms with Crippen molar-refractivity contribution in [3.63, 3.8) is 0 Å². The molecule has 7 heteroatoms. The van der Waals surface area contributed by atoms with E-state index in [0.29, 0.717) is 6.54 Å². The topological polar surface area (TPSA) is 90.4 Å². The van der Waals surface area contributed by atoms with E-state index in [1.54, 1.807) is 4.90 Å². The zero-order chi connectivity index (χ0) is 14.2. The Bertz CT molecular complexity index is 587. The summed E-state index contributed by atoms with van der Waals surface area (Å²) in [5.74, 6) is -1.67. The van der Waals surface area contributed by atoms with E-state index in [1.165, 1.54) is 12.1 Å². The number of nitrogens with zero attached hydrogens (tertiary/aromatic N) is 2. The van der Waals surface area contributed by atoms with Crippen molar-refractivity contribution >= 4 is 27.6 Å². The minimum atomic E-state index is -1.35. The first-order chi connectivity index (χ1) is 8.89. The molecule has 1 atom stereocenters. The smallest absolute Gasteiger partial charge is 0.325 e. The highest BCUT2D eigenvalue weighted by molar-refractivity contribution is 9.10. The largest absolute Gasteiger partial charge is 0.480 e. The molecule has 1 aliphatic rings. The number of nitriles is 1. The fourth-order valence-corrected chi connectivity index (χ4v) is 2.51. The van der Waals surface area contributed by atoms with Gasteiger partial charge in [-0.3, -0.25) is 4.79 Å². The number of rotatable bonds is 2. The summed E-state index contributed by atoms with van der Waals surface area (Å²) in [4.78, 5) is 12.6. The molecule has 19 heavy (non-hydrogen) atoms. The van der Waals surface area contributed by atoms with Gasteiger partial charge in [0.1, 0.15) is 11.6 Å². The average Bonchev–Trinajstić information content (AvgIpc) is 2.76. The van der Waals surface area contributed by atoms with E-state index < -0.39 is 17.3 Å². The molecular formula is C12H11BrFN3O2. The maximum Gasteiger partial charge on any atom is 0.325 e. The first-order valence-electron chi connectivity index (χ1n) is 5.54. The second-order valence-electron chi connectivity index (χ2n) is 4.50. The second kappa shape index (κ2) is 4.79. The van der Waals surface area contributed by atoms with Gasteiger partial charge in [-0.25, -0.2) is 4.39 Å². The van der Waals surface area contributed by atoms with Crippen LogP contribution in [0.3, 0.4) is 0 Å². The molecule has 0 radical (unpaired) electrons. The molecule has 0 saturated carbocycles. The van der Waals surface area contributed by atoms with Crippen LogP contribution in [0.1, 0.15) is 12.0 Å². The Morgan fingerprint density at radius 3 is 2.84 bits per heavy atom. The van der Waals surface area contributed by atoms with Crippen LogP contribution < -0.4 is 10.6 Å². The number of carbonyl (C=O) groups is 1. The SMILES string of the molecule is N#Cc1ccc(N2CCC(N)(C(=O)O)C2)c(F)c1Br. The van der Waals surface area contributed by atoms with Gasteiger partial charge in [-0.2, -0.15) is 5.26 Å². The Kier molecular flexibility index (Phi) is 3.47. The van der Waals surface area contributed by atoms with Crippen LogP contribution in [0.4, 0.5) is 10.1 Å². The van der Waals surface area contributed by atoms with Crippen LogP contribution in [-0.4, -0.2) is 29.7 Å². The summed E-state index contributed by atoms with van der Waals surface area (Å²) >= 11 is 3.02. The van der Waals surface area contributed by atoms with Gasteiger partial charge < -0.3 is 15.7 Å². The van der Waals surface area contributed by atoms with E-state index >= 15 is 0 Å². The summed E-state index contributed by atoms with van der Waals surface area (Å²) in [6.07, 6.45) is 0.249. The quantitative estimate of drug-likeness (QED) is 0.858. The number of nitrogens with two attached hydrogens (primary N) is 1. The summed E-state index contributed by atoms with van der Waals surface area (Å²) in [5.41, 5.74) is 4.83. The molecule has 0 spiro atoms. The third kappa shape index (κ3) is 2.29. The molecular weight excluding hydrogens is 317 g/mol. The lowest BCUT2D eigenvalue weighted by atomic mass is 10.0. The molecule has 2 rings (SSSR count). The molecule has 100 valence electrons. The van der Waals surface area contributed by atoms with Crippen molar-refractivity contribution in [2.75, 3.05) is 18.0 Å². The number of carboxylic acids is 1. The summed E-state index contributed by atoms with van der Waals surface area (Å²) in [6, 6.07) is 4.81. The van der Waals surface area contributed by atoms with Gasteiger partial charge >= 0.3 is 5.97 Å². The van der Waals surface area contributed by atoms with Gasteiger partial charge in [-0.05, 0) is 34.5 Å². The molecule has 1 fully saturated rings. The summed E-state index contributed by atoms with van der Waals surface area (Å²) in [5, 5.41) is 17.8. The van der Waals surface area contributed by atoms with Crippen LogP contribution in [0.15, 0.2) is 16.6 Å². The van der Waals surface area contributed by atoms with Crippen LogP contribution in [0, 0.1) is 17.1 Å². The highest BCUT2D eigenvalue weighted by atomic mass is 79.9. The van der Waals surface area contributed by atoms with Crippen LogP contribution in [0.25, 0.3) is 0 Å². The third-order valence-electron chi connectivity index (χ3n) is 3.25. The van der Waals surface area contributed by atoms with Crippen molar-refractivity contribution in [2.24, 2.45) is 5.73 Å². The van der Waals surface area contributed by atoms with Gasteiger partial charge in [-0.15, -0.1) is 0 Å². The molecule has 0 bridgehead atoms. The Balaban J connectivity index is 2.34. The average molecular weight is 328 g/mol. The standard InChI is InChI=1S/C12H11BrFN3O2/c13-9-7(5-15)1-2-8(10(9)14)17-4-3-12(16,6-17)11(18)19/h1-2H,3-4,6,16H2,(H,18,19). The van der Waals surface area contributed by atoms with Crippen molar-refractivity contribution in [3.05, 3.63) is 28.0 Å². The van der Waals surface area contributed by atoms with Gasteiger partial charge in [0.05, 0.1) is 15.7 Å². The van der Waals surface area contributed by atoms with Crippen molar-refractivity contribution in [3.8, 4) is 6.07 Å². The lowest BCUT2D eigenvalue weighted by Gasteiger charge is -2.22. The maximum atomic E-state index is 14.1. The summed E-state index contributed by atoms with van der Waals surface area (Å²) in [6.45, 7) is 0.398. The maximum absolute atomic E-state index is 14.1. The number of hydrogen-bond acceptors (Lipinski definition) is 4. The summed E-state index contributed by atoms with van der Waals surface area (Å²) < 4.78 is 14.2. The second-order valence-corrected chi connectivity index (χ2v) is 5.30. The Hall–Kier alpha value is -1.65. The van der Waals surface area contributed by atoms with Crippen molar-refractivity contribution in [1.82, 2.24) is 0 Å². The minimum Gasteiger partial charge on any atom is -0.480 e. The third-order valence-corrected chi connectivity index (χ3v) is 4.03. The van der Waals surface area contributed by atoms with Crippen LogP contribution in [-0.2, 0) is 4.79 Å². The molecule has 5 nitrogen and oxygen atoms in total. The van der Waals surface area contributed by atoms with E-state index in [-0.39, 0.29) is 28.7 Å². The van der Waals surface area contributed by atoms with Gasteiger partial charge in [0.2, 0.25) is 0 Å². The Morgan fingerprint density at radius 2 is 2.32 bits per heavy atom. The Morgan fingerprint density at radius 1 is 1.63 bits per heavy atom. The van der Waals surface area contributed by atoms with Crippen LogP contribution >= 0.6 is 15.9 Å². The molecule has 0 aliphatic carbocycles. The number of hydrogen-bond donors (Lipinski definition) is 2. The van der Waals surface area contributed by atoms with E-state index in [9.17, 15) is 9.18 Å². The van der Waals surface area contributed by atoms with E-state index in [0.717, 1.165) is 0 Å². The van der Waals surface area contributed by atoms with Gasteiger partial charge in [0, 0.05) is 13.1 Å². The number of benzene rings is 1. The molecule has 0 aromatic heterocycles. The first kappa shape index (κ1) is 13.8. The van der Waals surface area contributed by atoms with Gasteiger partial charge in [0.15, 0.2) is 5.82 Å². The molecule has 1 unspecified atom stereocenters. The zero-order valence-electron chi connectivity index (χ0n) is 9.86. The van der Waals surface area contributed by atoms with E-state index in [4.69, 9.17) is 16.1 Å². The van der Waals surface area contributed by atoms with Crippen molar-refractivity contribution < 1.29 is 14.3 Å². The van der Waals surface area contributed by atoms with E-state index in [2.05, 4.69) is 15.9 Å².